The smallest absolute Gasteiger partial charge is 0.409 e. The van der Waals surface area contributed by atoms with Crippen molar-refractivity contribution in [2.24, 2.45) is 0 Å². The minimum Gasteiger partial charge on any atom is -0.492 e. The lowest BCUT2D eigenvalue weighted by atomic mass is 9.72. The first kappa shape index (κ1) is 29.2. The molecule has 1 aliphatic carbocycles. The largest absolute Gasteiger partial charge is 0.492 e. The second-order valence-corrected chi connectivity index (χ2v) is 11.1. The average molecular weight is 557 g/mol. The second kappa shape index (κ2) is 14.0. The number of unbranched alkanes of at least 4 members (excludes halogenated alkanes) is 1. The molecule has 8 heteroatoms. The number of hydrogen-bond acceptors (Lipinski definition) is 5. The van der Waals surface area contributed by atoms with Crippen LogP contribution in [0.4, 0.5) is 4.79 Å². The van der Waals surface area contributed by atoms with Crippen LogP contribution in [0.25, 0.3) is 0 Å². The van der Waals surface area contributed by atoms with E-state index in [-0.39, 0.29) is 12.0 Å². The highest BCUT2D eigenvalue weighted by Crippen LogP contribution is 2.42. The van der Waals surface area contributed by atoms with Crippen molar-refractivity contribution in [3.63, 3.8) is 0 Å². The molecule has 2 amide bonds. The van der Waals surface area contributed by atoms with Crippen LogP contribution in [0, 0.1) is 0 Å². The first-order chi connectivity index (χ1) is 18.9. The molecule has 0 aromatic heterocycles. The molecule has 1 aliphatic heterocycles. The van der Waals surface area contributed by atoms with Gasteiger partial charge in [-0.15, -0.1) is 0 Å². The third-order valence-corrected chi connectivity index (χ3v) is 8.15. The van der Waals surface area contributed by atoms with Crippen LogP contribution >= 0.6 is 11.6 Å². The second-order valence-electron chi connectivity index (χ2n) is 10.7. The Morgan fingerprint density at radius 2 is 1.67 bits per heavy atom. The van der Waals surface area contributed by atoms with Crippen molar-refractivity contribution < 1.29 is 24.2 Å². The molecule has 0 spiro atoms. The highest BCUT2D eigenvalue weighted by atomic mass is 35.5. The molecule has 0 radical (unpaired) electrons. The van der Waals surface area contributed by atoms with Gasteiger partial charge in [-0.3, -0.25) is 4.79 Å². The Labute approximate surface area is 237 Å². The summed E-state index contributed by atoms with van der Waals surface area (Å²) in [6.45, 7) is 4.59. The van der Waals surface area contributed by atoms with Gasteiger partial charge in [0.15, 0.2) is 0 Å². The van der Waals surface area contributed by atoms with Gasteiger partial charge in [-0.05, 0) is 42.5 Å². The number of amides is 2. The Balaban J connectivity index is 1.45. The Morgan fingerprint density at radius 3 is 2.33 bits per heavy atom. The monoisotopic (exact) mass is 556 g/mol. The highest BCUT2D eigenvalue weighted by molar-refractivity contribution is 6.32. The van der Waals surface area contributed by atoms with E-state index in [0.717, 1.165) is 38.5 Å². The maximum atomic E-state index is 14.0. The lowest BCUT2D eigenvalue weighted by molar-refractivity contribution is -0.143. The van der Waals surface area contributed by atoms with Crippen molar-refractivity contribution in [1.82, 2.24) is 9.80 Å². The number of piperazine rings is 1. The normalized spacial score (nSPS) is 17.9. The summed E-state index contributed by atoms with van der Waals surface area (Å²) in [5, 5.41) is 12.2. The van der Waals surface area contributed by atoms with Crippen LogP contribution in [0.1, 0.15) is 68.9 Å². The predicted octanol–water partition coefficient (Wildman–Crippen LogP) is 5.82. The molecule has 212 valence electrons. The molecule has 1 N–H and O–H groups in total. The summed E-state index contributed by atoms with van der Waals surface area (Å²) in [5.74, 6) is -0.280. The summed E-state index contributed by atoms with van der Waals surface area (Å²) in [6.07, 6.45) is 6.19. The summed E-state index contributed by atoms with van der Waals surface area (Å²) >= 11 is 6.65. The van der Waals surface area contributed by atoms with E-state index in [2.05, 4.69) is 19.1 Å². The van der Waals surface area contributed by atoms with E-state index in [9.17, 15) is 14.7 Å². The van der Waals surface area contributed by atoms with Gasteiger partial charge in [0.05, 0.1) is 29.8 Å². The van der Waals surface area contributed by atoms with E-state index in [1.165, 1.54) is 5.56 Å². The molecule has 4 rings (SSSR count). The standard InChI is InChI=1S/C31H41ClN2O5/c1-2-3-21-39-30(36)34-19-17-33(18-20-34)29(35)28(31(37)15-8-5-9-16-31)25-12-13-27(26(32)23-25)38-22-14-24-10-6-4-7-11-24/h4,6-7,10-13,23,28,37H,2-3,5,8-9,14-22H2,1H3. The Morgan fingerprint density at radius 1 is 0.974 bits per heavy atom. The predicted molar refractivity (Wildman–Crippen MR) is 152 cm³/mol. The topological polar surface area (TPSA) is 79.3 Å². The fourth-order valence-corrected chi connectivity index (χ4v) is 5.80. The quantitative estimate of drug-likeness (QED) is 0.373. The molecule has 1 atom stereocenters. The maximum Gasteiger partial charge on any atom is 0.409 e. The van der Waals surface area contributed by atoms with Gasteiger partial charge in [0, 0.05) is 32.6 Å². The minimum absolute atomic E-state index is 0.118. The van der Waals surface area contributed by atoms with E-state index in [1.54, 1.807) is 21.9 Å². The van der Waals surface area contributed by atoms with Crippen molar-refractivity contribution >= 4 is 23.6 Å². The van der Waals surface area contributed by atoms with Gasteiger partial charge in [-0.25, -0.2) is 4.79 Å². The zero-order chi connectivity index (χ0) is 27.7. The zero-order valence-electron chi connectivity index (χ0n) is 22.9. The molecule has 2 aromatic carbocycles. The molecule has 1 unspecified atom stereocenters. The number of carbonyl (C=O) groups is 2. The molecular formula is C31H41ClN2O5. The number of hydrogen-bond donors (Lipinski definition) is 1. The fraction of sp³-hybridized carbons (Fsp3) is 0.548. The molecule has 1 saturated carbocycles. The average Bonchev–Trinajstić information content (AvgIpc) is 2.95. The van der Waals surface area contributed by atoms with Crippen LogP contribution in [0.2, 0.25) is 5.02 Å². The number of rotatable bonds is 10. The van der Waals surface area contributed by atoms with Crippen LogP contribution in [-0.2, 0) is 16.0 Å². The van der Waals surface area contributed by atoms with Crippen LogP contribution in [0.15, 0.2) is 48.5 Å². The third kappa shape index (κ3) is 7.67. The van der Waals surface area contributed by atoms with Gasteiger partial charge in [0.25, 0.3) is 0 Å². The van der Waals surface area contributed by atoms with Crippen molar-refractivity contribution in [2.45, 2.75) is 69.8 Å². The molecule has 1 saturated heterocycles. The van der Waals surface area contributed by atoms with Crippen LogP contribution in [0.5, 0.6) is 5.75 Å². The van der Waals surface area contributed by atoms with Crippen molar-refractivity contribution in [2.75, 3.05) is 39.4 Å². The van der Waals surface area contributed by atoms with Crippen molar-refractivity contribution in [3.05, 3.63) is 64.7 Å². The van der Waals surface area contributed by atoms with Gasteiger partial charge in [-0.2, -0.15) is 0 Å². The molecule has 0 bridgehead atoms. The summed E-state index contributed by atoms with van der Waals surface area (Å²) in [5.41, 5.74) is 0.751. The summed E-state index contributed by atoms with van der Waals surface area (Å²) < 4.78 is 11.3. The first-order valence-corrected chi connectivity index (χ1v) is 14.7. The number of ether oxygens (including phenoxy) is 2. The summed E-state index contributed by atoms with van der Waals surface area (Å²) in [6, 6.07) is 15.6. The first-order valence-electron chi connectivity index (χ1n) is 14.3. The lowest BCUT2D eigenvalue weighted by Crippen LogP contribution is -2.55. The van der Waals surface area contributed by atoms with Gasteiger partial charge >= 0.3 is 6.09 Å². The van der Waals surface area contributed by atoms with Gasteiger partial charge < -0.3 is 24.4 Å². The third-order valence-electron chi connectivity index (χ3n) is 7.86. The SMILES string of the molecule is CCCCOC(=O)N1CCN(C(=O)C(c2ccc(OCCc3ccccc3)c(Cl)c2)C2(O)CCCCC2)CC1. The maximum absolute atomic E-state index is 14.0. The number of nitrogens with zero attached hydrogens (tertiary/aromatic N) is 2. The summed E-state index contributed by atoms with van der Waals surface area (Å²) in [7, 11) is 0. The van der Waals surface area contributed by atoms with Crippen LogP contribution in [-0.4, -0.2) is 71.9 Å². The van der Waals surface area contributed by atoms with E-state index in [1.807, 2.05) is 24.3 Å². The number of aliphatic hydroxyl groups is 1. The summed E-state index contributed by atoms with van der Waals surface area (Å²) in [4.78, 5) is 29.8. The zero-order valence-corrected chi connectivity index (χ0v) is 23.7. The van der Waals surface area contributed by atoms with Gasteiger partial charge in [-0.1, -0.05) is 80.6 Å². The van der Waals surface area contributed by atoms with E-state index < -0.39 is 11.5 Å². The molecule has 2 fully saturated rings. The minimum atomic E-state index is -1.13. The highest BCUT2D eigenvalue weighted by Gasteiger charge is 2.45. The van der Waals surface area contributed by atoms with E-state index in [0.29, 0.717) is 68.6 Å². The molecule has 2 aromatic rings. The van der Waals surface area contributed by atoms with Gasteiger partial charge in [0.2, 0.25) is 5.91 Å². The Kier molecular flexibility index (Phi) is 10.5. The Bertz CT molecular complexity index is 1080. The molecular weight excluding hydrogens is 516 g/mol. The van der Waals surface area contributed by atoms with Crippen LogP contribution < -0.4 is 4.74 Å². The van der Waals surface area contributed by atoms with Crippen molar-refractivity contribution in [3.8, 4) is 5.75 Å². The molecule has 2 aliphatic rings. The lowest BCUT2D eigenvalue weighted by Gasteiger charge is -2.42. The number of benzene rings is 2. The van der Waals surface area contributed by atoms with Gasteiger partial charge in [0.1, 0.15) is 5.75 Å². The van der Waals surface area contributed by atoms with Crippen molar-refractivity contribution in [1.29, 1.82) is 0 Å². The number of halogens is 1. The van der Waals surface area contributed by atoms with Crippen LogP contribution in [0.3, 0.4) is 0 Å². The molecule has 1 heterocycles. The molecule has 39 heavy (non-hydrogen) atoms. The molecule has 7 nitrogen and oxygen atoms in total. The number of carbonyl (C=O) groups excluding carboxylic acids is 2. The van der Waals surface area contributed by atoms with E-state index in [4.69, 9.17) is 21.1 Å². The van der Waals surface area contributed by atoms with E-state index >= 15 is 0 Å². The fourth-order valence-electron chi connectivity index (χ4n) is 5.56. The Hall–Kier alpha value is -2.77.